The van der Waals surface area contributed by atoms with Crippen LogP contribution in [0.2, 0.25) is 5.02 Å². The van der Waals surface area contributed by atoms with Crippen LogP contribution in [0, 0.1) is 5.92 Å². The molecule has 114 valence electrons. The number of benzene rings is 1. The maximum absolute atomic E-state index is 12.3. The number of hydrogen-bond donors (Lipinski definition) is 1. The van der Waals surface area contributed by atoms with Crippen LogP contribution in [-0.2, 0) is 4.79 Å². The van der Waals surface area contributed by atoms with E-state index in [1.807, 2.05) is 18.2 Å². The molecule has 1 aliphatic heterocycles. The molecule has 3 rings (SSSR count). The van der Waals surface area contributed by atoms with Gasteiger partial charge in [-0.25, -0.2) is 0 Å². The highest BCUT2D eigenvalue weighted by Crippen LogP contribution is 2.26. The molecule has 1 heterocycles. The van der Waals surface area contributed by atoms with Gasteiger partial charge in [-0.15, -0.1) is 0 Å². The van der Waals surface area contributed by atoms with E-state index in [1.165, 1.54) is 12.8 Å². The van der Waals surface area contributed by atoms with Gasteiger partial charge in [-0.3, -0.25) is 4.79 Å². The van der Waals surface area contributed by atoms with Gasteiger partial charge in [0, 0.05) is 35.8 Å². The highest BCUT2D eigenvalue weighted by molar-refractivity contribution is 6.30. The van der Waals surface area contributed by atoms with Gasteiger partial charge in [-0.05, 0) is 43.9 Å². The Morgan fingerprint density at radius 3 is 2.52 bits per heavy atom. The summed E-state index contributed by atoms with van der Waals surface area (Å²) in [4.78, 5) is 14.6. The Morgan fingerprint density at radius 1 is 1.14 bits per heavy atom. The SMILES string of the molecule is O=C(NC1CCCC1)C1CCN(c2cccc(Cl)c2)CC1. The average Bonchev–Trinajstić information content (AvgIpc) is 3.00. The first kappa shape index (κ1) is 14.7. The molecule has 1 aromatic carbocycles. The Morgan fingerprint density at radius 2 is 1.86 bits per heavy atom. The van der Waals surface area contributed by atoms with Crippen LogP contribution in [0.15, 0.2) is 24.3 Å². The van der Waals surface area contributed by atoms with Crippen LogP contribution in [0.1, 0.15) is 38.5 Å². The smallest absolute Gasteiger partial charge is 0.223 e. The molecule has 3 nitrogen and oxygen atoms in total. The van der Waals surface area contributed by atoms with Crippen LogP contribution < -0.4 is 10.2 Å². The van der Waals surface area contributed by atoms with Gasteiger partial charge in [0.25, 0.3) is 0 Å². The van der Waals surface area contributed by atoms with Crippen LogP contribution >= 0.6 is 11.6 Å². The summed E-state index contributed by atoms with van der Waals surface area (Å²) in [6.07, 6.45) is 6.71. The van der Waals surface area contributed by atoms with Gasteiger partial charge in [0.1, 0.15) is 0 Å². The second-order valence-electron chi connectivity index (χ2n) is 6.23. The zero-order valence-corrected chi connectivity index (χ0v) is 13.1. The topological polar surface area (TPSA) is 32.3 Å². The molecular weight excluding hydrogens is 284 g/mol. The van der Waals surface area contributed by atoms with Crippen LogP contribution in [-0.4, -0.2) is 25.0 Å². The van der Waals surface area contributed by atoms with E-state index < -0.39 is 0 Å². The van der Waals surface area contributed by atoms with E-state index in [4.69, 9.17) is 11.6 Å². The minimum atomic E-state index is 0.182. The number of carbonyl (C=O) groups excluding carboxylic acids is 1. The van der Waals surface area contributed by atoms with Gasteiger partial charge in [-0.2, -0.15) is 0 Å². The third-order valence-electron chi connectivity index (χ3n) is 4.74. The van der Waals surface area contributed by atoms with Gasteiger partial charge < -0.3 is 10.2 Å². The second-order valence-corrected chi connectivity index (χ2v) is 6.67. The normalized spacial score (nSPS) is 20.7. The van der Waals surface area contributed by atoms with Gasteiger partial charge in [0.2, 0.25) is 5.91 Å². The summed E-state index contributed by atoms with van der Waals surface area (Å²) < 4.78 is 0. The van der Waals surface area contributed by atoms with Crippen molar-refractivity contribution in [2.75, 3.05) is 18.0 Å². The Labute approximate surface area is 131 Å². The third kappa shape index (κ3) is 3.70. The van der Waals surface area contributed by atoms with Crippen molar-refractivity contribution in [3.63, 3.8) is 0 Å². The quantitative estimate of drug-likeness (QED) is 0.925. The van der Waals surface area contributed by atoms with Gasteiger partial charge >= 0.3 is 0 Å². The van der Waals surface area contributed by atoms with Crippen LogP contribution in [0.25, 0.3) is 0 Å². The molecule has 2 aliphatic rings. The molecule has 1 aromatic rings. The van der Waals surface area contributed by atoms with Crippen LogP contribution in [0.3, 0.4) is 0 Å². The van der Waals surface area contributed by atoms with E-state index in [1.54, 1.807) is 0 Å². The van der Waals surface area contributed by atoms with Gasteiger partial charge in [-0.1, -0.05) is 30.5 Å². The van der Waals surface area contributed by atoms with Crippen LogP contribution in [0.4, 0.5) is 5.69 Å². The molecule has 0 atom stereocenters. The lowest BCUT2D eigenvalue weighted by atomic mass is 9.95. The third-order valence-corrected chi connectivity index (χ3v) is 4.98. The number of halogens is 1. The van der Waals surface area contributed by atoms with E-state index in [-0.39, 0.29) is 11.8 Å². The lowest BCUT2D eigenvalue weighted by molar-refractivity contribution is -0.126. The number of piperidine rings is 1. The predicted molar refractivity (Wildman–Crippen MR) is 86.8 cm³/mol. The van der Waals surface area contributed by atoms with E-state index in [9.17, 15) is 4.79 Å². The van der Waals surface area contributed by atoms with Crippen molar-refractivity contribution in [1.82, 2.24) is 5.32 Å². The predicted octanol–water partition coefficient (Wildman–Crippen LogP) is 3.62. The molecule has 1 aliphatic carbocycles. The fraction of sp³-hybridized carbons (Fsp3) is 0.588. The van der Waals surface area contributed by atoms with Crippen molar-refractivity contribution in [1.29, 1.82) is 0 Å². The summed E-state index contributed by atoms with van der Waals surface area (Å²) in [5.41, 5.74) is 1.16. The molecule has 2 fully saturated rings. The molecule has 1 saturated carbocycles. The summed E-state index contributed by atoms with van der Waals surface area (Å²) in [5.74, 6) is 0.452. The highest BCUT2D eigenvalue weighted by atomic mass is 35.5. The maximum Gasteiger partial charge on any atom is 0.223 e. The van der Waals surface area contributed by atoms with E-state index in [0.29, 0.717) is 6.04 Å². The average molecular weight is 307 g/mol. The number of nitrogens with zero attached hydrogens (tertiary/aromatic N) is 1. The molecule has 0 aromatic heterocycles. The zero-order chi connectivity index (χ0) is 14.7. The van der Waals surface area contributed by atoms with Crippen molar-refractivity contribution in [2.45, 2.75) is 44.6 Å². The van der Waals surface area contributed by atoms with Crippen molar-refractivity contribution < 1.29 is 4.79 Å². The molecule has 0 spiro atoms. The minimum Gasteiger partial charge on any atom is -0.371 e. The number of nitrogens with one attached hydrogen (secondary N) is 1. The highest BCUT2D eigenvalue weighted by Gasteiger charge is 2.27. The summed E-state index contributed by atoms with van der Waals surface area (Å²) in [7, 11) is 0. The monoisotopic (exact) mass is 306 g/mol. The number of carbonyl (C=O) groups is 1. The molecular formula is C17H23ClN2O. The molecule has 1 N–H and O–H groups in total. The second kappa shape index (κ2) is 6.69. The lowest BCUT2D eigenvalue weighted by Gasteiger charge is -2.33. The first-order chi connectivity index (χ1) is 10.2. The fourth-order valence-electron chi connectivity index (χ4n) is 3.46. The molecule has 0 radical (unpaired) electrons. The van der Waals surface area contributed by atoms with E-state index >= 15 is 0 Å². The number of rotatable bonds is 3. The Hall–Kier alpha value is -1.22. The summed E-state index contributed by atoms with van der Waals surface area (Å²) in [6.45, 7) is 1.87. The van der Waals surface area contributed by atoms with Crippen LogP contribution in [0.5, 0.6) is 0 Å². The first-order valence-electron chi connectivity index (χ1n) is 8.03. The molecule has 4 heteroatoms. The largest absolute Gasteiger partial charge is 0.371 e. The Kier molecular flexibility index (Phi) is 4.69. The fourth-order valence-corrected chi connectivity index (χ4v) is 3.65. The molecule has 1 amide bonds. The van der Waals surface area contributed by atoms with Crippen molar-refractivity contribution in [2.24, 2.45) is 5.92 Å². The summed E-state index contributed by atoms with van der Waals surface area (Å²) in [5, 5.41) is 4.01. The Balaban J connectivity index is 1.51. The molecule has 1 saturated heterocycles. The number of amides is 1. The number of anilines is 1. The van der Waals surface area contributed by atoms with Crippen molar-refractivity contribution in [3.8, 4) is 0 Å². The Bertz CT molecular complexity index is 491. The zero-order valence-electron chi connectivity index (χ0n) is 12.4. The molecule has 0 bridgehead atoms. The standard InChI is InChI=1S/C17H23ClN2O/c18-14-4-3-7-16(12-14)20-10-8-13(9-11-20)17(21)19-15-5-1-2-6-15/h3-4,7,12-13,15H,1-2,5-6,8-11H2,(H,19,21). The van der Waals surface area contributed by atoms with Gasteiger partial charge in [0.15, 0.2) is 0 Å². The molecule has 21 heavy (non-hydrogen) atoms. The van der Waals surface area contributed by atoms with Crippen molar-refractivity contribution >= 4 is 23.2 Å². The lowest BCUT2D eigenvalue weighted by Crippen LogP contribution is -2.43. The van der Waals surface area contributed by atoms with Gasteiger partial charge in [0.05, 0.1) is 0 Å². The maximum atomic E-state index is 12.3. The minimum absolute atomic E-state index is 0.182. The summed E-state index contributed by atoms with van der Waals surface area (Å²) in [6, 6.07) is 8.40. The summed E-state index contributed by atoms with van der Waals surface area (Å²) >= 11 is 6.05. The van der Waals surface area contributed by atoms with E-state index in [2.05, 4.69) is 16.3 Å². The van der Waals surface area contributed by atoms with Crippen molar-refractivity contribution in [3.05, 3.63) is 29.3 Å². The molecule has 0 unspecified atom stereocenters. The first-order valence-corrected chi connectivity index (χ1v) is 8.41. The van der Waals surface area contributed by atoms with E-state index in [0.717, 1.165) is 49.5 Å². The number of hydrogen-bond acceptors (Lipinski definition) is 2.